The molecule has 0 bridgehead atoms. The van der Waals surface area contributed by atoms with Gasteiger partial charge in [-0.2, -0.15) is 0 Å². The lowest BCUT2D eigenvalue weighted by Crippen LogP contribution is -2.34. The fourth-order valence-corrected chi connectivity index (χ4v) is 4.17. The molecule has 2 aromatic carbocycles. The standard InChI is InChI=1S/C24H29N3O3/c28-23-21(26-24(29)27-23)15-18-9-12-22(30-16-17-6-2-1-3-7-17)19(14-18)10-11-20-8-4-5-13-25-20/h1-3,6-7,9,12,14,20-21,25H,4-5,8,10-11,13,15-16H2,(H2,26,27,28,29). The molecule has 0 spiro atoms. The average molecular weight is 408 g/mol. The van der Waals surface area contributed by atoms with Crippen LogP contribution in [0.2, 0.25) is 0 Å². The highest BCUT2D eigenvalue weighted by Crippen LogP contribution is 2.25. The molecule has 0 aliphatic carbocycles. The molecule has 0 saturated carbocycles. The minimum Gasteiger partial charge on any atom is -0.489 e. The maximum absolute atomic E-state index is 11.9. The molecular weight excluding hydrogens is 378 g/mol. The molecule has 2 unspecified atom stereocenters. The molecular formula is C24H29N3O3. The van der Waals surface area contributed by atoms with Crippen molar-refractivity contribution < 1.29 is 14.3 Å². The number of hydrogen-bond acceptors (Lipinski definition) is 4. The van der Waals surface area contributed by atoms with Gasteiger partial charge in [-0.3, -0.25) is 10.1 Å². The van der Waals surface area contributed by atoms with Gasteiger partial charge in [0, 0.05) is 12.5 Å². The van der Waals surface area contributed by atoms with Gasteiger partial charge in [0.15, 0.2) is 0 Å². The van der Waals surface area contributed by atoms with Gasteiger partial charge in [0.1, 0.15) is 18.4 Å². The Labute approximate surface area is 177 Å². The number of carbonyl (C=O) groups is 2. The lowest BCUT2D eigenvalue weighted by molar-refractivity contribution is -0.120. The minimum atomic E-state index is -0.513. The summed E-state index contributed by atoms with van der Waals surface area (Å²) < 4.78 is 6.16. The molecule has 3 N–H and O–H groups in total. The second kappa shape index (κ2) is 9.76. The first-order chi connectivity index (χ1) is 14.7. The van der Waals surface area contributed by atoms with E-state index in [2.05, 4.69) is 34.1 Å². The van der Waals surface area contributed by atoms with Crippen molar-refractivity contribution in [2.45, 2.75) is 57.2 Å². The normalized spacial score (nSPS) is 21.2. The summed E-state index contributed by atoms with van der Waals surface area (Å²) in [7, 11) is 0. The number of imide groups is 1. The predicted molar refractivity (Wildman–Crippen MR) is 115 cm³/mol. The maximum atomic E-state index is 11.9. The number of aryl methyl sites for hydroxylation is 1. The van der Waals surface area contributed by atoms with E-state index >= 15 is 0 Å². The summed E-state index contributed by atoms with van der Waals surface area (Å²) in [5.74, 6) is 0.621. The Hall–Kier alpha value is -2.86. The first kappa shape index (κ1) is 20.4. The van der Waals surface area contributed by atoms with E-state index in [9.17, 15) is 9.59 Å². The Balaban J connectivity index is 1.47. The molecule has 30 heavy (non-hydrogen) atoms. The largest absolute Gasteiger partial charge is 0.489 e. The zero-order valence-corrected chi connectivity index (χ0v) is 17.2. The van der Waals surface area contributed by atoms with Crippen molar-refractivity contribution in [1.29, 1.82) is 0 Å². The molecule has 4 rings (SSSR count). The van der Waals surface area contributed by atoms with E-state index < -0.39 is 12.1 Å². The van der Waals surface area contributed by atoms with Gasteiger partial charge in [0.2, 0.25) is 0 Å². The Morgan fingerprint density at radius 3 is 2.60 bits per heavy atom. The predicted octanol–water partition coefficient (Wildman–Crippen LogP) is 3.09. The van der Waals surface area contributed by atoms with Crippen LogP contribution in [0.4, 0.5) is 4.79 Å². The van der Waals surface area contributed by atoms with Crippen molar-refractivity contribution in [2.24, 2.45) is 0 Å². The molecule has 2 fully saturated rings. The molecule has 6 heteroatoms. The first-order valence-corrected chi connectivity index (χ1v) is 10.8. The minimum absolute atomic E-state index is 0.266. The van der Waals surface area contributed by atoms with Crippen LogP contribution in [0.1, 0.15) is 42.4 Å². The van der Waals surface area contributed by atoms with Crippen LogP contribution in [0.3, 0.4) is 0 Å². The van der Waals surface area contributed by atoms with E-state index in [1.807, 2.05) is 30.3 Å². The first-order valence-electron chi connectivity index (χ1n) is 10.8. The molecule has 0 radical (unpaired) electrons. The molecule has 2 heterocycles. The Kier molecular flexibility index (Phi) is 6.64. The van der Waals surface area contributed by atoms with E-state index in [1.54, 1.807) is 0 Å². The Bertz CT molecular complexity index is 879. The third kappa shape index (κ3) is 5.39. The zero-order chi connectivity index (χ0) is 20.8. The molecule has 2 atom stereocenters. The topological polar surface area (TPSA) is 79.5 Å². The van der Waals surface area contributed by atoms with Crippen LogP contribution in [0.25, 0.3) is 0 Å². The number of urea groups is 1. The van der Waals surface area contributed by atoms with Gasteiger partial charge in [-0.25, -0.2) is 4.79 Å². The van der Waals surface area contributed by atoms with Gasteiger partial charge in [-0.15, -0.1) is 0 Å². The molecule has 2 saturated heterocycles. The average Bonchev–Trinajstić information content (AvgIpc) is 3.09. The summed E-state index contributed by atoms with van der Waals surface area (Å²) in [6.07, 6.45) is 6.21. The number of nitrogens with one attached hydrogen (secondary N) is 3. The number of carbonyl (C=O) groups excluding carboxylic acids is 2. The van der Waals surface area contributed by atoms with E-state index in [1.165, 1.54) is 19.3 Å². The SMILES string of the molecule is O=C1NC(=O)C(Cc2ccc(OCc3ccccc3)c(CCC3CCCCN3)c2)N1. The third-order valence-electron chi connectivity index (χ3n) is 5.83. The number of hydrogen-bond donors (Lipinski definition) is 3. The fraction of sp³-hybridized carbons (Fsp3) is 0.417. The number of piperidine rings is 1. The molecule has 0 aromatic heterocycles. The van der Waals surface area contributed by atoms with Crippen LogP contribution < -0.4 is 20.7 Å². The van der Waals surface area contributed by atoms with Gasteiger partial charge < -0.3 is 15.4 Å². The quantitative estimate of drug-likeness (QED) is 0.588. The van der Waals surface area contributed by atoms with Crippen molar-refractivity contribution in [3.05, 3.63) is 65.2 Å². The second-order valence-corrected chi connectivity index (χ2v) is 8.12. The lowest BCUT2D eigenvalue weighted by atomic mass is 9.95. The van der Waals surface area contributed by atoms with Crippen molar-refractivity contribution in [3.63, 3.8) is 0 Å². The highest BCUT2D eigenvalue weighted by Gasteiger charge is 2.29. The summed E-state index contributed by atoms with van der Waals surface area (Å²) in [4.78, 5) is 23.3. The summed E-state index contributed by atoms with van der Waals surface area (Å²) in [5, 5.41) is 8.58. The van der Waals surface area contributed by atoms with Gasteiger partial charge in [0.05, 0.1) is 0 Å². The number of ether oxygens (including phenoxy) is 1. The van der Waals surface area contributed by atoms with E-state index in [0.717, 1.165) is 41.8 Å². The highest BCUT2D eigenvalue weighted by molar-refractivity contribution is 6.04. The zero-order valence-electron chi connectivity index (χ0n) is 17.2. The molecule has 158 valence electrons. The van der Waals surface area contributed by atoms with Gasteiger partial charge in [0.25, 0.3) is 5.91 Å². The smallest absolute Gasteiger partial charge is 0.322 e. The van der Waals surface area contributed by atoms with Crippen LogP contribution in [0, 0.1) is 0 Å². The highest BCUT2D eigenvalue weighted by atomic mass is 16.5. The van der Waals surface area contributed by atoms with Crippen LogP contribution in [-0.2, 0) is 24.2 Å². The third-order valence-corrected chi connectivity index (χ3v) is 5.83. The van der Waals surface area contributed by atoms with E-state index in [-0.39, 0.29) is 5.91 Å². The number of rotatable bonds is 8. The van der Waals surface area contributed by atoms with E-state index in [0.29, 0.717) is 19.1 Å². The van der Waals surface area contributed by atoms with Crippen molar-refractivity contribution in [2.75, 3.05) is 6.54 Å². The number of benzene rings is 2. The molecule has 2 aliphatic rings. The van der Waals surface area contributed by atoms with Crippen LogP contribution >= 0.6 is 0 Å². The van der Waals surface area contributed by atoms with E-state index in [4.69, 9.17) is 4.74 Å². The van der Waals surface area contributed by atoms with Crippen molar-refractivity contribution >= 4 is 11.9 Å². The molecule has 2 aliphatic heterocycles. The summed E-state index contributed by atoms with van der Waals surface area (Å²) in [6.45, 7) is 1.62. The van der Waals surface area contributed by atoms with Crippen LogP contribution in [0.5, 0.6) is 5.75 Å². The maximum Gasteiger partial charge on any atom is 0.322 e. The van der Waals surface area contributed by atoms with Gasteiger partial charge in [-0.1, -0.05) is 48.9 Å². The summed E-state index contributed by atoms with van der Waals surface area (Å²) in [6, 6.07) is 15.9. The Morgan fingerprint density at radius 2 is 1.87 bits per heavy atom. The van der Waals surface area contributed by atoms with Gasteiger partial charge in [-0.05, 0) is 55.0 Å². The van der Waals surface area contributed by atoms with Gasteiger partial charge >= 0.3 is 6.03 Å². The van der Waals surface area contributed by atoms with Crippen LogP contribution in [-0.4, -0.2) is 30.6 Å². The summed E-state index contributed by atoms with van der Waals surface area (Å²) in [5.41, 5.74) is 3.31. The van der Waals surface area contributed by atoms with Crippen LogP contribution in [0.15, 0.2) is 48.5 Å². The monoisotopic (exact) mass is 407 g/mol. The molecule has 2 aromatic rings. The Morgan fingerprint density at radius 1 is 1.00 bits per heavy atom. The van der Waals surface area contributed by atoms with Crippen molar-refractivity contribution in [3.8, 4) is 5.75 Å². The van der Waals surface area contributed by atoms with Crippen molar-refractivity contribution in [1.82, 2.24) is 16.0 Å². The lowest BCUT2D eigenvalue weighted by Gasteiger charge is -2.24. The second-order valence-electron chi connectivity index (χ2n) is 8.12. The molecule has 6 nitrogen and oxygen atoms in total. The number of amides is 3. The fourth-order valence-electron chi connectivity index (χ4n) is 4.17. The summed E-state index contributed by atoms with van der Waals surface area (Å²) >= 11 is 0. The molecule has 3 amide bonds.